The first kappa shape index (κ1) is 16.0. The summed E-state index contributed by atoms with van der Waals surface area (Å²) in [5, 5.41) is 0.327. The van der Waals surface area contributed by atoms with Crippen molar-refractivity contribution in [3.63, 3.8) is 0 Å². The zero-order chi connectivity index (χ0) is 16.6. The second-order valence-electron chi connectivity index (χ2n) is 5.08. The predicted octanol–water partition coefficient (Wildman–Crippen LogP) is 1.47. The summed E-state index contributed by atoms with van der Waals surface area (Å²) in [6.07, 6.45) is 2.17. The molecule has 0 saturated carbocycles. The molecule has 1 aromatic carbocycles. The van der Waals surface area contributed by atoms with Gasteiger partial charge in [-0.05, 0) is 30.2 Å². The number of hydrogen-bond acceptors (Lipinski definition) is 6. The summed E-state index contributed by atoms with van der Waals surface area (Å²) in [6, 6.07) is 4.51. The molecule has 1 aliphatic heterocycles. The van der Waals surface area contributed by atoms with Crippen LogP contribution in [0, 0.1) is 0 Å². The van der Waals surface area contributed by atoms with Gasteiger partial charge in [-0.2, -0.15) is 4.31 Å². The van der Waals surface area contributed by atoms with Crippen molar-refractivity contribution in [1.82, 2.24) is 14.3 Å². The van der Waals surface area contributed by atoms with Gasteiger partial charge in [0.2, 0.25) is 16.0 Å². The fourth-order valence-corrected chi connectivity index (χ4v) is 4.31. The maximum Gasteiger partial charge on any atom is 0.247 e. The van der Waals surface area contributed by atoms with E-state index in [9.17, 15) is 8.42 Å². The van der Waals surface area contributed by atoms with Crippen LogP contribution in [-0.2, 0) is 23.0 Å². The summed E-state index contributed by atoms with van der Waals surface area (Å²) in [7, 11) is -2.34. The molecule has 0 spiro atoms. The van der Waals surface area contributed by atoms with Crippen molar-refractivity contribution in [3.8, 4) is 5.75 Å². The molecule has 7 nitrogen and oxygen atoms in total. The lowest BCUT2D eigenvalue weighted by atomic mass is 10.1. The van der Waals surface area contributed by atoms with E-state index in [2.05, 4.69) is 9.97 Å². The molecule has 2 heterocycles. The Morgan fingerprint density at radius 2 is 2.17 bits per heavy atom. The lowest BCUT2D eigenvalue weighted by Gasteiger charge is -2.27. The van der Waals surface area contributed by atoms with Crippen LogP contribution >= 0.6 is 11.6 Å². The van der Waals surface area contributed by atoms with E-state index in [4.69, 9.17) is 22.1 Å². The Hall–Kier alpha value is -1.90. The van der Waals surface area contributed by atoms with Gasteiger partial charge in [-0.25, -0.2) is 18.4 Å². The van der Waals surface area contributed by atoms with Gasteiger partial charge in [0.1, 0.15) is 10.6 Å². The topological polar surface area (TPSA) is 98.4 Å². The van der Waals surface area contributed by atoms with Gasteiger partial charge in [0.05, 0.1) is 19.3 Å². The quantitative estimate of drug-likeness (QED) is 0.896. The third-order valence-electron chi connectivity index (χ3n) is 3.67. The molecule has 23 heavy (non-hydrogen) atoms. The third kappa shape index (κ3) is 2.97. The summed E-state index contributed by atoms with van der Waals surface area (Å²) in [4.78, 5) is 8.11. The molecule has 0 radical (unpaired) electrons. The molecule has 0 aliphatic carbocycles. The highest BCUT2D eigenvalue weighted by Crippen LogP contribution is 2.31. The molecule has 0 fully saturated rings. The normalized spacial score (nSPS) is 15.2. The van der Waals surface area contributed by atoms with E-state index in [1.165, 1.54) is 23.5 Å². The number of anilines is 1. The first-order chi connectivity index (χ1) is 10.9. The van der Waals surface area contributed by atoms with Gasteiger partial charge >= 0.3 is 0 Å². The number of nitrogens with two attached hydrogens (primary N) is 1. The van der Waals surface area contributed by atoms with E-state index >= 15 is 0 Å². The maximum absolute atomic E-state index is 12.9. The Bertz CT molecular complexity index is 857. The van der Waals surface area contributed by atoms with Crippen LogP contribution in [0.2, 0.25) is 5.02 Å². The molecule has 2 N–H and O–H groups in total. The minimum Gasteiger partial charge on any atom is -0.495 e. The molecule has 0 bridgehead atoms. The van der Waals surface area contributed by atoms with Crippen LogP contribution in [0.15, 0.2) is 29.3 Å². The first-order valence-corrected chi connectivity index (χ1v) is 8.67. The fourth-order valence-electron chi connectivity index (χ4n) is 2.49. The monoisotopic (exact) mass is 354 g/mol. The van der Waals surface area contributed by atoms with E-state index in [0.29, 0.717) is 23.7 Å². The number of fused-ring (bicyclic) bond motifs is 1. The van der Waals surface area contributed by atoms with Gasteiger partial charge in [-0.3, -0.25) is 0 Å². The van der Waals surface area contributed by atoms with Crippen LogP contribution in [0.4, 0.5) is 5.95 Å². The molecular formula is C14H15ClN4O3S. The van der Waals surface area contributed by atoms with Crippen molar-refractivity contribution in [2.24, 2.45) is 0 Å². The van der Waals surface area contributed by atoms with Crippen LogP contribution in [0.25, 0.3) is 0 Å². The van der Waals surface area contributed by atoms with Gasteiger partial charge in [-0.15, -0.1) is 0 Å². The first-order valence-electron chi connectivity index (χ1n) is 6.86. The van der Waals surface area contributed by atoms with Gasteiger partial charge < -0.3 is 10.5 Å². The number of methoxy groups -OCH3 is 1. The molecule has 0 atom stereocenters. The molecular weight excluding hydrogens is 340 g/mol. The summed E-state index contributed by atoms with van der Waals surface area (Å²) in [5.74, 6) is 0.380. The molecule has 0 unspecified atom stereocenters. The van der Waals surface area contributed by atoms with Crippen LogP contribution in [0.3, 0.4) is 0 Å². The average Bonchev–Trinajstić information content (AvgIpc) is 2.54. The van der Waals surface area contributed by atoms with Gasteiger partial charge in [0.25, 0.3) is 0 Å². The minimum atomic E-state index is -3.76. The Labute approximate surface area is 139 Å². The number of hydrogen-bond donors (Lipinski definition) is 1. The van der Waals surface area contributed by atoms with Gasteiger partial charge in [0, 0.05) is 17.8 Å². The molecule has 122 valence electrons. The van der Waals surface area contributed by atoms with Crippen molar-refractivity contribution < 1.29 is 13.2 Å². The summed E-state index contributed by atoms with van der Waals surface area (Å²) < 4.78 is 32.4. The molecule has 3 rings (SSSR count). The second kappa shape index (κ2) is 5.95. The molecule has 2 aromatic rings. The van der Waals surface area contributed by atoms with Crippen molar-refractivity contribution in [1.29, 1.82) is 0 Å². The zero-order valence-corrected chi connectivity index (χ0v) is 13.9. The van der Waals surface area contributed by atoms with E-state index in [1.54, 1.807) is 12.3 Å². The Morgan fingerprint density at radius 1 is 1.39 bits per heavy atom. The Balaban J connectivity index is 2.00. The van der Waals surface area contributed by atoms with Crippen LogP contribution < -0.4 is 10.5 Å². The smallest absolute Gasteiger partial charge is 0.247 e. The summed E-state index contributed by atoms with van der Waals surface area (Å²) in [5.41, 5.74) is 7.11. The molecule has 1 aliphatic rings. The molecule has 0 amide bonds. The number of sulfonamides is 1. The Morgan fingerprint density at radius 3 is 2.91 bits per heavy atom. The van der Waals surface area contributed by atoms with E-state index in [0.717, 1.165) is 5.56 Å². The second-order valence-corrected chi connectivity index (χ2v) is 7.43. The van der Waals surface area contributed by atoms with Crippen molar-refractivity contribution in [2.75, 3.05) is 19.4 Å². The van der Waals surface area contributed by atoms with Gasteiger partial charge in [-0.1, -0.05) is 11.6 Å². The van der Waals surface area contributed by atoms with Crippen LogP contribution in [0.1, 0.15) is 11.3 Å². The van der Waals surface area contributed by atoms with E-state index < -0.39 is 10.0 Å². The summed E-state index contributed by atoms with van der Waals surface area (Å²) in [6.45, 7) is 0.471. The highest BCUT2D eigenvalue weighted by atomic mass is 35.5. The fraction of sp³-hybridized carbons (Fsp3) is 0.286. The standard InChI is InChI=1S/C14H15ClN4O3S/c1-22-12-3-2-10(15)6-13(12)23(20,21)19-5-4-9-7-17-14(16)18-11(9)8-19/h2-3,6-7H,4-5,8H2,1H3,(H2,16,17,18). The highest BCUT2D eigenvalue weighted by Gasteiger charge is 2.31. The number of nitrogens with zero attached hydrogens (tertiary/aromatic N) is 3. The lowest BCUT2D eigenvalue weighted by Crippen LogP contribution is -2.36. The van der Waals surface area contributed by atoms with E-state index in [1.807, 2.05) is 0 Å². The zero-order valence-electron chi connectivity index (χ0n) is 12.4. The maximum atomic E-state index is 12.9. The molecule has 9 heteroatoms. The number of halogens is 1. The number of nitrogen functional groups attached to an aromatic ring is 1. The molecule has 0 saturated heterocycles. The van der Waals surface area contributed by atoms with E-state index in [-0.39, 0.29) is 23.1 Å². The minimum absolute atomic E-state index is 0.0398. The van der Waals surface area contributed by atoms with Gasteiger partial charge in [0.15, 0.2) is 0 Å². The number of rotatable bonds is 3. The number of aromatic nitrogens is 2. The third-order valence-corrected chi connectivity index (χ3v) is 5.77. The Kier molecular flexibility index (Phi) is 4.13. The SMILES string of the molecule is COc1ccc(Cl)cc1S(=O)(=O)N1CCc2cnc(N)nc2C1. The predicted molar refractivity (Wildman–Crippen MR) is 85.7 cm³/mol. The number of ether oxygens (including phenoxy) is 1. The highest BCUT2D eigenvalue weighted by molar-refractivity contribution is 7.89. The largest absolute Gasteiger partial charge is 0.495 e. The van der Waals surface area contributed by atoms with Crippen LogP contribution in [0.5, 0.6) is 5.75 Å². The molecule has 1 aromatic heterocycles. The van der Waals surface area contributed by atoms with Crippen molar-refractivity contribution >= 4 is 27.6 Å². The summed E-state index contributed by atoms with van der Waals surface area (Å²) >= 11 is 5.94. The lowest BCUT2D eigenvalue weighted by molar-refractivity contribution is 0.374. The van der Waals surface area contributed by atoms with Crippen molar-refractivity contribution in [2.45, 2.75) is 17.9 Å². The average molecular weight is 355 g/mol. The van der Waals surface area contributed by atoms with Crippen molar-refractivity contribution in [3.05, 3.63) is 40.7 Å². The van der Waals surface area contributed by atoms with Crippen LogP contribution in [-0.4, -0.2) is 36.3 Å². The number of benzene rings is 1.